The number of methoxy groups -OCH3 is 1. The predicted molar refractivity (Wildman–Crippen MR) is 87.9 cm³/mol. The Hall–Kier alpha value is -1.07. The molecule has 1 N–H and O–H groups in total. The number of benzene rings is 1. The summed E-state index contributed by atoms with van der Waals surface area (Å²) in [6.07, 6.45) is 4.35. The number of amides is 1. The third-order valence-corrected chi connectivity index (χ3v) is 5.07. The molecule has 2 rings (SSSR count). The molecule has 1 aliphatic rings. The van der Waals surface area contributed by atoms with Crippen LogP contribution in [-0.4, -0.2) is 44.1 Å². The van der Waals surface area contributed by atoms with E-state index in [2.05, 4.69) is 21.2 Å². The van der Waals surface area contributed by atoms with Gasteiger partial charge in [-0.05, 0) is 66.9 Å². The maximum Gasteiger partial charge on any atom is 0.255 e. The summed E-state index contributed by atoms with van der Waals surface area (Å²) in [4.78, 5) is 14.6. The molecule has 0 heterocycles. The molecule has 1 amide bonds. The third-order valence-electron chi connectivity index (χ3n) is 4.38. The molecule has 5 heteroatoms. The number of carbonyl (C=O) groups is 1. The van der Waals surface area contributed by atoms with Gasteiger partial charge in [0.05, 0.1) is 12.7 Å². The predicted octanol–water partition coefficient (Wildman–Crippen LogP) is 3.06. The Morgan fingerprint density at radius 3 is 2.57 bits per heavy atom. The van der Waals surface area contributed by atoms with Gasteiger partial charge in [0.15, 0.2) is 0 Å². The lowest BCUT2D eigenvalue weighted by Gasteiger charge is -2.34. The van der Waals surface area contributed by atoms with E-state index >= 15 is 0 Å². The summed E-state index contributed by atoms with van der Waals surface area (Å²) in [6.45, 7) is 0. The molecule has 1 aliphatic carbocycles. The number of hydrogen-bond donors (Lipinski definition) is 1. The van der Waals surface area contributed by atoms with Crippen molar-refractivity contribution in [2.45, 2.75) is 37.8 Å². The fourth-order valence-corrected chi connectivity index (χ4v) is 3.32. The average molecular weight is 355 g/mol. The van der Waals surface area contributed by atoms with E-state index in [1.54, 1.807) is 13.2 Å². The summed E-state index contributed by atoms with van der Waals surface area (Å²) in [6, 6.07) is 6.41. The zero-order chi connectivity index (χ0) is 15.4. The van der Waals surface area contributed by atoms with Crippen molar-refractivity contribution in [2.75, 3.05) is 21.2 Å². The summed E-state index contributed by atoms with van der Waals surface area (Å²) >= 11 is 3.46. The van der Waals surface area contributed by atoms with Gasteiger partial charge in [0.1, 0.15) is 5.75 Å². The summed E-state index contributed by atoms with van der Waals surface area (Å²) in [7, 11) is 5.52. The van der Waals surface area contributed by atoms with Gasteiger partial charge in [-0.25, -0.2) is 0 Å². The van der Waals surface area contributed by atoms with E-state index < -0.39 is 0 Å². The lowest BCUT2D eigenvalue weighted by atomic mass is 9.90. The molecule has 1 saturated carbocycles. The van der Waals surface area contributed by atoms with Crippen molar-refractivity contribution in [3.05, 3.63) is 28.2 Å². The number of carbonyl (C=O) groups excluding carboxylic acids is 1. The highest BCUT2D eigenvalue weighted by molar-refractivity contribution is 9.10. The number of hydrogen-bond acceptors (Lipinski definition) is 3. The van der Waals surface area contributed by atoms with Gasteiger partial charge in [0, 0.05) is 23.6 Å². The Morgan fingerprint density at radius 2 is 2.00 bits per heavy atom. The molecule has 1 aromatic rings. The van der Waals surface area contributed by atoms with Crippen LogP contribution in [0.5, 0.6) is 5.75 Å². The summed E-state index contributed by atoms with van der Waals surface area (Å²) in [5.41, 5.74) is 0.660. The van der Waals surface area contributed by atoms with E-state index in [-0.39, 0.29) is 5.91 Å². The number of ether oxygens (including phenoxy) is 1. The third kappa shape index (κ3) is 3.77. The molecule has 0 unspecified atom stereocenters. The summed E-state index contributed by atoms with van der Waals surface area (Å²) in [5, 5.41) is 3.32. The Labute approximate surface area is 135 Å². The molecule has 4 nitrogen and oxygen atoms in total. The fraction of sp³-hybridized carbons (Fsp3) is 0.562. The van der Waals surface area contributed by atoms with Crippen LogP contribution in [0.15, 0.2) is 22.7 Å². The Kier molecular flexibility index (Phi) is 5.65. The van der Waals surface area contributed by atoms with Crippen LogP contribution in [0.4, 0.5) is 0 Å². The first-order valence-corrected chi connectivity index (χ1v) is 8.14. The van der Waals surface area contributed by atoms with E-state index in [0.717, 1.165) is 30.2 Å². The molecule has 116 valence electrons. The van der Waals surface area contributed by atoms with Gasteiger partial charge in [0.25, 0.3) is 5.91 Å². The molecular formula is C16H23BrN2O2. The van der Waals surface area contributed by atoms with Crippen molar-refractivity contribution in [3.63, 3.8) is 0 Å². The Balaban J connectivity index is 2.09. The number of nitrogens with zero attached hydrogens (tertiary/aromatic N) is 1. The Bertz CT molecular complexity index is 499. The van der Waals surface area contributed by atoms with E-state index in [4.69, 9.17) is 4.74 Å². The lowest BCUT2D eigenvalue weighted by Crippen LogP contribution is -2.42. The van der Waals surface area contributed by atoms with Crippen LogP contribution in [0.25, 0.3) is 0 Å². The monoisotopic (exact) mass is 354 g/mol. The number of nitrogens with one attached hydrogen (secondary N) is 1. The second-order valence-corrected chi connectivity index (χ2v) is 6.41. The van der Waals surface area contributed by atoms with Gasteiger partial charge >= 0.3 is 0 Å². The van der Waals surface area contributed by atoms with Crippen molar-refractivity contribution in [2.24, 2.45) is 0 Å². The van der Waals surface area contributed by atoms with Gasteiger partial charge in [0.2, 0.25) is 0 Å². The zero-order valence-corrected chi connectivity index (χ0v) is 14.4. The van der Waals surface area contributed by atoms with Crippen molar-refractivity contribution in [1.82, 2.24) is 10.2 Å². The number of rotatable bonds is 4. The lowest BCUT2D eigenvalue weighted by molar-refractivity contribution is 0.0684. The van der Waals surface area contributed by atoms with Crippen LogP contribution in [0, 0.1) is 0 Å². The second kappa shape index (κ2) is 7.27. The van der Waals surface area contributed by atoms with Crippen molar-refractivity contribution in [3.8, 4) is 5.75 Å². The first-order chi connectivity index (χ1) is 10.1. The summed E-state index contributed by atoms with van der Waals surface area (Å²) in [5.74, 6) is 0.752. The van der Waals surface area contributed by atoms with Crippen LogP contribution < -0.4 is 10.1 Å². The van der Waals surface area contributed by atoms with Crippen LogP contribution in [-0.2, 0) is 0 Å². The molecule has 0 atom stereocenters. The SMILES string of the molecule is CNC1CCC(N(C)C(=O)c2cc(OC)ccc2Br)CC1. The standard InChI is InChI=1S/C16H23BrN2O2/c1-18-11-4-6-12(7-5-11)19(2)16(20)14-10-13(21-3)8-9-15(14)17/h8-12,18H,4-7H2,1-3H3. The molecule has 21 heavy (non-hydrogen) atoms. The molecule has 0 spiro atoms. The molecule has 0 aliphatic heterocycles. The highest BCUT2D eigenvalue weighted by Gasteiger charge is 2.27. The quantitative estimate of drug-likeness (QED) is 0.903. The minimum absolute atomic E-state index is 0.0497. The molecule has 1 fully saturated rings. The highest BCUT2D eigenvalue weighted by atomic mass is 79.9. The first kappa shape index (κ1) is 16.3. The topological polar surface area (TPSA) is 41.6 Å². The molecular weight excluding hydrogens is 332 g/mol. The summed E-state index contributed by atoms with van der Waals surface area (Å²) < 4.78 is 6.02. The fourth-order valence-electron chi connectivity index (χ4n) is 2.90. The van der Waals surface area contributed by atoms with Gasteiger partial charge < -0.3 is 15.0 Å². The maximum atomic E-state index is 12.7. The second-order valence-electron chi connectivity index (χ2n) is 5.56. The van der Waals surface area contributed by atoms with E-state index in [0.29, 0.717) is 23.4 Å². The Morgan fingerprint density at radius 1 is 1.33 bits per heavy atom. The highest BCUT2D eigenvalue weighted by Crippen LogP contribution is 2.27. The molecule has 0 radical (unpaired) electrons. The number of halogens is 1. The molecule has 1 aromatic carbocycles. The van der Waals surface area contributed by atoms with E-state index in [9.17, 15) is 4.79 Å². The van der Waals surface area contributed by atoms with Crippen LogP contribution in [0.2, 0.25) is 0 Å². The smallest absolute Gasteiger partial charge is 0.255 e. The zero-order valence-electron chi connectivity index (χ0n) is 12.9. The minimum Gasteiger partial charge on any atom is -0.497 e. The van der Waals surface area contributed by atoms with Crippen LogP contribution >= 0.6 is 15.9 Å². The average Bonchev–Trinajstić information content (AvgIpc) is 2.54. The largest absolute Gasteiger partial charge is 0.497 e. The molecule has 0 aromatic heterocycles. The minimum atomic E-state index is 0.0497. The normalized spacial score (nSPS) is 21.9. The van der Waals surface area contributed by atoms with E-state index in [1.807, 2.05) is 31.1 Å². The van der Waals surface area contributed by atoms with Gasteiger partial charge in [-0.2, -0.15) is 0 Å². The van der Waals surface area contributed by atoms with Crippen molar-refractivity contribution >= 4 is 21.8 Å². The van der Waals surface area contributed by atoms with Crippen LogP contribution in [0.3, 0.4) is 0 Å². The molecule has 0 saturated heterocycles. The van der Waals surface area contributed by atoms with Gasteiger partial charge in [-0.3, -0.25) is 4.79 Å². The van der Waals surface area contributed by atoms with Gasteiger partial charge in [-0.15, -0.1) is 0 Å². The van der Waals surface area contributed by atoms with Crippen molar-refractivity contribution < 1.29 is 9.53 Å². The van der Waals surface area contributed by atoms with Crippen LogP contribution in [0.1, 0.15) is 36.0 Å². The molecule has 0 bridgehead atoms. The van der Waals surface area contributed by atoms with Gasteiger partial charge in [-0.1, -0.05) is 0 Å². The van der Waals surface area contributed by atoms with Crippen molar-refractivity contribution in [1.29, 1.82) is 0 Å². The first-order valence-electron chi connectivity index (χ1n) is 7.34. The maximum absolute atomic E-state index is 12.7. The van der Waals surface area contributed by atoms with E-state index in [1.165, 1.54) is 0 Å².